The zero-order chi connectivity index (χ0) is 21.1. The summed E-state index contributed by atoms with van der Waals surface area (Å²) in [6.07, 6.45) is 0. The summed E-state index contributed by atoms with van der Waals surface area (Å²) in [5.41, 5.74) is 2.88. The standard InChI is InChI=1S/C26H17FO3/c27-23-7-3-1-5-21(23)25(29)19-13-9-17(10-14-19)18-11-15-20(16-12-18)26(30)22-6-2-4-8-24(22)28/h1-16,28H. The molecule has 1 N–H and O–H groups in total. The molecule has 146 valence electrons. The van der Waals surface area contributed by atoms with Gasteiger partial charge in [-0.3, -0.25) is 9.59 Å². The number of benzene rings is 4. The van der Waals surface area contributed by atoms with Gasteiger partial charge >= 0.3 is 0 Å². The van der Waals surface area contributed by atoms with Crippen LogP contribution in [0.3, 0.4) is 0 Å². The van der Waals surface area contributed by atoms with Crippen molar-refractivity contribution in [3.63, 3.8) is 0 Å². The first-order valence-electron chi connectivity index (χ1n) is 9.37. The van der Waals surface area contributed by atoms with Crippen LogP contribution in [0.1, 0.15) is 31.8 Å². The Kier molecular flexibility index (Phi) is 5.22. The zero-order valence-corrected chi connectivity index (χ0v) is 15.9. The van der Waals surface area contributed by atoms with E-state index in [0.717, 1.165) is 11.1 Å². The van der Waals surface area contributed by atoms with E-state index < -0.39 is 5.82 Å². The summed E-state index contributed by atoms with van der Waals surface area (Å²) in [6, 6.07) is 26.2. The Morgan fingerprint density at radius 1 is 0.567 bits per heavy atom. The minimum atomic E-state index is -0.545. The van der Waals surface area contributed by atoms with Crippen LogP contribution < -0.4 is 0 Å². The predicted molar refractivity (Wildman–Crippen MR) is 113 cm³/mol. The second-order valence-corrected chi connectivity index (χ2v) is 6.81. The van der Waals surface area contributed by atoms with Crippen LogP contribution in [0.15, 0.2) is 97.1 Å². The largest absolute Gasteiger partial charge is 0.507 e. The maximum Gasteiger partial charge on any atom is 0.196 e. The molecule has 0 heterocycles. The minimum absolute atomic E-state index is 0.0391. The van der Waals surface area contributed by atoms with E-state index in [1.54, 1.807) is 78.9 Å². The van der Waals surface area contributed by atoms with Gasteiger partial charge in [-0.2, -0.15) is 0 Å². The van der Waals surface area contributed by atoms with Gasteiger partial charge in [0.25, 0.3) is 0 Å². The van der Waals surface area contributed by atoms with Crippen molar-refractivity contribution in [2.45, 2.75) is 0 Å². The molecule has 4 heteroatoms. The lowest BCUT2D eigenvalue weighted by molar-refractivity contribution is 0.102. The van der Waals surface area contributed by atoms with Crippen LogP contribution in [0.5, 0.6) is 5.75 Å². The van der Waals surface area contributed by atoms with Crippen LogP contribution in [0.2, 0.25) is 0 Å². The molecule has 0 spiro atoms. The third-order valence-corrected chi connectivity index (χ3v) is 4.89. The van der Waals surface area contributed by atoms with Gasteiger partial charge in [0.1, 0.15) is 11.6 Å². The molecule has 3 nitrogen and oxygen atoms in total. The van der Waals surface area contributed by atoms with E-state index >= 15 is 0 Å². The average Bonchev–Trinajstić information content (AvgIpc) is 2.79. The van der Waals surface area contributed by atoms with Gasteiger partial charge in [-0.05, 0) is 35.4 Å². The number of phenols is 1. The summed E-state index contributed by atoms with van der Waals surface area (Å²) in [5, 5.41) is 9.87. The molecule has 0 bridgehead atoms. The summed E-state index contributed by atoms with van der Waals surface area (Å²) in [5.74, 6) is -1.23. The first-order valence-corrected chi connectivity index (χ1v) is 9.37. The highest BCUT2D eigenvalue weighted by Gasteiger charge is 2.15. The molecular formula is C26H17FO3. The smallest absolute Gasteiger partial charge is 0.196 e. The average molecular weight is 396 g/mol. The van der Waals surface area contributed by atoms with Gasteiger partial charge in [-0.15, -0.1) is 0 Å². The molecule has 30 heavy (non-hydrogen) atoms. The zero-order valence-electron chi connectivity index (χ0n) is 15.9. The van der Waals surface area contributed by atoms with Gasteiger partial charge in [-0.1, -0.05) is 72.8 Å². The summed E-state index contributed by atoms with van der Waals surface area (Å²) in [6.45, 7) is 0. The van der Waals surface area contributed by atoms with Crippen molar-refractivity contribution < 1.29 is 19.1 Å². The molecule has 0 saturated carbocycles. The molecule has 4 rings (SSSR count). The second-order valence-electron chi connectivity index (χ2n) is 6.81. The second kappa shape index (κ2) is 8.13. The SMILES string of the molecule is O=C(c1ccc(-c2ccc(C(=O)c3ccccc3F)cc2)cc1)c1ccccc1O. The van der Waals surface area contributed by atoms with Gasteiger partial charge in [0, 0.05) is 11.1 Å². The maximum absolute atomic E-state index is 13.9. The Morgan fingerprint density at radius 2 is 1.00 bits per heavy atom. The molecule has 0 aromatic heterocycles. The summed E-state index contributed by atoms with van der Waals surface area (Å²) in [7, 11) is 0. The van der Waals surface area contributed by atoms with Crippen LogP contribution in [0, 0.1) is 5.82 Å². The molecule has 0 atom stereocenters. The molecule has 0 aliphatic heterocycles. The van der Waals surface area contributed by atoms with Crippen LogP contribution in [-0.2, 0) is 0 Å². The van der Waals surface area contributed by atoms with E-state index in [-0.39, 0.29) is 28.4 Å². The Morgan fingerprint density at radius 3 is 1.50 bits per heavy atom. The number of para-hydroxylation sites is 1. The minimum Gasteiger partial charge on any atom is -0.507 e. The quantitative estimate of drug-likeness (QED) is 0.443. The summed E-state index contributed by atoms with van der Waals surface area (Å²) < 4.78 is 13.9. The van der Waals surface area contributed by atoms with Crippen LogP contribution in [0.25, 0.3) is 11.1 Å². The number of ketones is 2. The molecule has 0 saturated heterocycles. The first-order chi connectivity index (χ1) is 14.5. The van der Waals surface area contributed by atoms with Crippen molar-refractivity contribution in [3.05, 3.63) is 125 Å². The molecule has 0 unspecified atom stereocenters. The molecule has 0 amide bonds. The number of halogens is 1. The number of carbonyl (C=O) groups is 2. The van der Waals surface area contributed by atoms with E-state index in [1.807, 2.05) is 0 Å². The number of phenolic OH excluding ortho intramolecular Hbond substituents is 1. The van der Waals surface area contributed by atoms with E-state index in [0.29, 0.717) is 11.1 Å². The van der Waals surface area contributed by atoms with Crippen molar-refractivity contribution >= 4 is 11.6 Å². The molecule has 0 radical (unpaired) electrons. The van der Waals surface area contributed by atoms with Crippen molar-refractivity contribution in [1.29, 1.82) is 0 Å². The van der Waals surface area contributed by atoms with Crippen molar-refractivity contribution in [1.82, 2.24) is 0 Å². The topological polar surface area (TPSA) is 54.4 Å². The van der Waals surface area contributed by atoms with Crippen LogP contribution in [0.4, 0.5) is 4.39 Å². The van der Waals surface area contributed by atoms with Gasteiger partial charge < -0.3 is 5.11 Å². The van der Waals surface area contributed by atoms with Crippen molar-refractivity contribution in [3.8, 4) is 16.9 Å². The Labute approximate surface area is 173 Å². The molecular weight excluding hydrogens is 379 g/mol. The third-order valence-electron chi connectivity index (χ3n) is 4.89. The number of hydrogen-bond donors (Lipinski definition) is 1. The highest BCUT2D eigenvalue weighted by molar-refractivity contribution is 6.11. The molecule has 0 aliphatic rings. The summed E-state index contributed by atoms with van der Waals surface area (Å²) in [4.78, 5) is 25.1. The first kappa shape index (κ1) is 19.3. The predicted octanol–water partition coefficient (Wildman–Crippen LogP) is 5.66. The van der Waals surface area contributed by atoms with E-state index in [9.17, 15) is 19.1 Å². The number of carbonyl (C=O) groups excluding carboxylic acids is 2. The number of aromatic hydroxyl groups is 1. The number of hydrogen-bond acceptors (Lipinski definition) is 3. The van der Waals surface area contributed by atoms with E-state index in [2.05, 4.69) is 0 Å². The van der Waals surface area contributed by atoms with E-state index in [4.69, 9.17) is 0 Å². The van der Waals surface area contributed by atoms with Crippen molar-refractivity contribution in [2.75, 3.05) is 0 Å². The Hall–Kier alpha value is -4.05. The lowest BCUT2D eigenvalue weighted by Crippen LogP contribution is -2.03. The van der Waals surface area contributed by atoms with E-state index in [1.165, 1.54) is 18.2 Å². The summed E-state index contributed by atoms with van der Waals surface area (Å²) >= 11 is 0. The highest BCUT2D eigenvalue weighted by Crippen LogP contribution is 2.24. The fourth-order valence-corrected chi connectivity index (χ4v) is 3.25. The fourth-order valence-electron chi connectivity index (χ4n) is 3.25. The number of rotatable bonds is 5. The van der Waals surface area contributed by atoms with Crippen molar-refractivity contribution in [2.24, 2.45) is 0 Å². The van der Waals surface area contributed by atoms with Gasteiger partial charge in [0.15, 0.2) is 11.6 Å². The Balaban J connectivity index is 1.55. The highest BCUT2D eigenvalue weighted by atomic mass is 19.1. The van der Waals surface area contributed by atoms with Gasteiger partial charge in [0.2, 0.25) is 0 Å². The van der Waals surface area contributed by atoms with Crippen LogP contribution >= 0.6 is 0 Å². The molecule has 0 fully saturated rings. The molecule has 4 aromatic carbocycles. The molecule has 0 aliphatic carbocycles. The lowest BCUT2D eigenvalue weighted by atomic mass is 9.97. The van der Waals surface area contributed by atoms with Gasteiger partial charge in [-0.25, -0.2) is 4.39 Å². The fraction of sp³-hybridized carbons (Fsp3) is 0. The molecule has 4 aromatic rings. The Bertz CT molecular complexity index is 1130. The maximum atomic E-state index is 13.9. The van der Waals surface area contributed by atoms with Crippen LogP contribution in [-0.4, -0.2) is 16.7 Å². The third kappa shape index (κ3) is 3.76. The normalized spacial score (nSPS) is 10.6. The monoisotopic (exact) mass is 396 g/mol. The van der Waals surface area contributed by atoms with Gasteiger partial charge in [0.05, 0.1) is 11.1 Å². The lowest BCUT2D eigenvalue weighted by Gasteiger charge is -2.07.